The van der Waals surface area contributed by atoms with Crippen LogP contribution in [0.15, 0.2) is 40.8 Å². The highest BCUT2D eigenvalue weighted by atomic mass is 19.4. The van der Waals surface area contributed by atoms with Crippen LogP contribution in [0, 0.1) is 5.92 Å². The van der Waals surface area contributed by atoms with Gasteiger partial charge < -0.3 is 4.42 Å². The van der Waals surface area contributed by atoms with Crippen molar-refractivity contribution >= 4 is 5.78 Å². The fraction of sp³-hybridized carbons (Fsp3) is 0.267. The Labute approximate surface area is 114 Å². The van der Waals surface area contributed by atoms with Gasteiger partial charge in [0.25, 0.3) is 0 Å². The van der Waals surface area contributed by atoms with Crippen molar-refractivity contribution in [2.24, 2.45) is 5.92 Å². The molecule has 2 rings (SSSR count). The summed E-state index contributed by atoms with van der Waals surface area (Å²) in [5.41, 5.74) is -0.453. The summed E-state index contributed by atoms with van der Waals surface area (Å²) in [5, 5.41) is 0. The van der Waals surface area contributed by atoms with Crippen LogP contribution in [0.1, 0.15) is 30.0 Å². The van der Waals surface area contributed by atoms with Crippen LogP contribution in [0.4, 0.5) is 13.2 Å². The quantitative estimate of drug-likeness (QED) is 0.757. The van der Waals surface area contributed by atoms with Gasteiger partial charge in [0.05, 0.1) is 5.56 Å². The Hall–Kier alpha value is -2.04. The summed E-state index contributed by atoms with van der Waals surface area (Å²) >= 11 is 0. The third kappa shape index (κ3) is 2.92. The maximum atomic E-state index is 12.6. The van der Waals surface area contributed by atoms with Crippen molar-refractivity contribution in [3.05, 3.63) is 47.7 Å². The summed E-state index contributed by atoms with van der Waals surface area (Å²) in [6.45, 7) is 3.46. The molecule has 2 nitrogen and oxygen atoms in total. The van der Waals surface area contributed by atoms with E-state index in [4.69, 9.17) is 4.42 Å². The number of alkyl halides is 3. The van der Waals surface area contributed by atoms with Crippen LogP contribution < -0.4 is 0 Å². The molecule has 0 saturated heterocycles. The molecule has 0 atom stereocenters. The molecule has 0 amide bonds. The second kappa shape index (κ2) is 5.15. The lowest BCUT2D eigenvalue weighted by atomic mass is 10.1. The van der Waals surface area contributed by atoms with E-state index in [0.29, 0.717) is 5.56 Å². The normalized spacial score (nSPS) is 11.9. The van der Waals surface area contributed by atoms with Gasteiger partial charge in [0.15, 0.2) is 5.76 Å². The largest absolute Gasteiger partial charge is 0.453 e. The van der Waals surface area contributed by atoms with Crippen molar-refractivity contribution in [1.82, 2.24) is 0 Å². The molecule has 0 saturated carbocycles. The second-order valence-corrected chi connectivity index (χ2v) is 4.76. The predicted octanol–water partition coefficient (Wildman–Crippen LogP) is 4.80. The summed E-state index contributed by atoms with van der Waals surface area (Å²) < 4.78 is 43.3. The zero-order chi connectivity index (χ0) is 14.9. The van der Waals surface area contributed by atoms with Gasteiger partial charge in [-0.1, -0.05) is 26.0 Å². The van der Waals surface area contributed by atoms with Gasteiger partial charge in [-0.25, -0.2) is 0 Å². The number of benzene rings is 1. The number of furan rings is 1. The summed E-state index contributed by atoms with van der Waals surface area (Å²) in [7, 11) is 0. The first-order chi connectivity index (χ1) is 9.29. The van der Waals surface area contributed by atoms with E-state index in [1.165, 1.54) is 24.3 Å². The summed E-state index contributed by atoms with van der Waals surface area (Å²) in [4.78, 5) is 11.7. The fourth-order valence-electron chi connectivity index (χ4n) is 1.76. The van der Waals surface area contributed by atoms with E-state index in [-0.39, 0.29) is 23.2 Å². The van der Waals surface area contributed by atoms with Gasteiger partial charge in [-0.15, -0.1) is 0 Å². The third-order valence-electron chi connectivity index (χ3n) is 2.85. The fourth-order valence-corrected chi connectivity index (χ4v) is 1.76. The van der Waals surface area contributed by atoms with Crippen molar-refractivity contribution in [3.63, 3.8) is 0 Å². The minimum atomic E-state index is -4.40. The highest BCUT2D eigenvalue weighted by Gasteiger charge is 2.30. The molecule has 106 valence electrons. The first kappa shape index (κ1) is 14.4. The Morgan fingerprint density at radius 2 is 1.85 bits per heavy atom. The van der Waals surface area contributed by atoms with Gasteiger partial charge >= 0.3 is 6.18 Å². The monoisotopic (exact) mass is 282 g/mol. The first-order valence-electron chi connectivity index (χ1n) is 6.10. The minimum Gasteiger partial charge on any atom is -0.453 e. The van der Waals surface area contributed by atoms with E-state index in [0.717, 1.165) is 12.1 Å². The topological polar surface area (TPSA) is 30.2 Å². The molecular weight excluding hydrogens is 269 g/mol. The van der Waals surface area contributed by atoms with Crippen molar-refractivity contribution in [1.29, 1.82) is 0 Å². The number of ketones is 1. The number of carbonyl (C=O) groups excluding carboxylic acids is 1. The smallest absolute Gasteiger partial charge is 0.416 e. The number of carbonyl (C=O) groups is 1. The van der Waals surface area contributed by atoms with E-state index in [9.17, 15) is 18.0 Å². The van der Waals surface area contributed by atoms with Gasteiger partial charge in [-0.05, 0) is 24.3 Å². The standard InChI is InChI=1S/C15H13F3O2/c1-9(2)14(19)13-7-6-12(20-13)10-4-3-5-11(8-10)15(16,17)18/h3-9H,1-2H3. The number of rotatable bonds is 3. The number of hydrogen-bond acceptors (Lipinski definition) is 2. The highest BCUT2D eigenvalue weighted by Crippen LogP contribution is 2.32. The molecule has 0 fully saturated rings. The zero-order valence-corrected chi connectivity index (χ0v) is 11.0. The predicted molar refractivity (Wildman–Crippen MR) is 68.3 cm³/mol. The Balaban J connectivity index is 2.36. The van der Waals surface area contributed by atoms with Crippen molar-refractivity contribution in [2.45, 2.75) is 20.0 Å². The summed E-state index contributed by atoms with van der Waals surface area (Å²) in [6, 6.07) is 7.81. The molecule has 0 aliphatic heterocycles. The van der Waals surface area contributed by atoms with Crippen molar-refractivity contribution in [3.8, 4) is 11.3 Å². The van der Waals surface area contributed by atoms with Gasteiger partial charge in [0, 0.05) is 11.5 Å². The maximum Gasteiger partial charge on any atom is 0.416 e. The SMILES string of the molecule is CC(C)C(=O)c1ccc(-c2cccc(C(F)(F)F)c2)o1. The van der Waals surface area contributed by atoms with E-state index in [2.05, 4.69) is 0 Å². The molecule has 5 heteroatoms. The van der Waals surface area contributed by atoms with Crippen LogP contribution in [0.5, 0.6) is 0 Å². The van der Waals surface area contributed by atoms with Crippen LogP contribution in [0.25, 0.3) is 11.3 Å². The molecule has 0 aliphatic carbocycles. The average Bonchev–Trinajstić information content (AvgIpc) is 2.86. The molecule has 0 aliphatic rings. The van der Waals surface area contributed by atoms with Gasteiger partial charge in [0.1, 0.15) is 5.76 Å². The second-order valence-electron chi connectivity index (χ2n) is 4.76. The van der Waals surface area contributed by atoms with Crippen LogP contribution >= 0.6 is 0 Å². The van der Waals surface area contributed by atoms with Crippen LogP contribution in [-0.4, -0.2) is 5.78 Å². The van der Waals surface area contributed by atoms with Gasteiger partial charge in [-0.3, -0.25) is 4.79 Å². The zero-order valence-electron chi connectivity index (χ0n) is 11.0. The van der Waals surface area contributed by atoms with Crippen LogP contribution in [-0.2, 0) is 6.18 Å². The summed E-state index contributed by atoms with van der Waals surface area (Å²) in [5.74, 6) is 0.00578. The Morgan fingerprint density at radius 3 is 2.45 bits per heavy atom. The molecular formula is C15H13F3O2. The summed E-state index contributed by atoms with van der Waals surface area (Å²) in [6.07, 6.45) is -4.40. The molecule has 0 bridgehead atoms. The minimum absolute atomic E-state index is 0.160. The Bertz CT molecular complexity index is 624. The number of halogens is 3. The van der Waals surface area contributed by atoms with Crippen LogP contribution in [0.2, 0.25) is 0 Å². The maximum absolute atomic E-state index is 12.6. The molecule has 1 aromatic carbocycles. The molecule has 20 heavy (non-hydrogen) atoms. The molecule has 0 N–H and O–H groups in total. The Morgan fingerprint density at radius 1 is 1.15 bits per heavy atom. The molecule has 0 unspecified atom stereocenters. The molecule has 0 spiro atoms. The molecule has 1 aromatic heterocycles. The Kier molecular flexibility index (Phi) is 3.70. The lowest BCUT2D eigenvalue weighted by molar-refractivity contribution is -0.137. The number of Topliss-reactive ketones (excluding diaryl/α,β-unsaturated/α-hetero) is 1. The van der Waals surface area contributed by atoms with Crippen LogP contribution in [0.3, 0.4) is 0 Å². The average molecular weight is 282 g/mol. The molecule has 2 aromatic rings. The van der Waals surface area contributed by atoms with Gasteiger partial charge in [0.2, 0.25) is 5.78 Å². The van der Waals surface area contributed by atoms with E-state index < -0.39 is 11.7 Å². The highest BCUT2D eigenvalue weighted by molar-refractivity contribution is 5.95. The first-order valence-corrected chi connectivity index (χ1v) is 6.10. The van der Waals surface area contributed by atoms with E-state index in [1.807, 2.05) is 0 Å². The molecule has 0 radical (unpaired) electrons. The molecule has 1 heterocycles. The van der Waals surface area contributed by atoms with Crippen molar-refractivity contribution in [2.75, 3.05) is 0 Å². The lowest BCUT2D eigenvalue weighted by Crippen LogP contribution is -2.05. The third-order valence-corrected chi connectivity index (χ3v) is 2.85. The van der Waals surface area contributed by atoms with Crippen molar-refractivity contribution < 1.29 is 22.4 Å². The van der Waals surface area contributed by atoms with E-state index in [1.54, 1.807) is 13.8 Å². The van der Waals surface area contributed by atoms with E-state index >= 15 is 0 Å². The number of hydrogen-bond donors (Lipinski definition) is 0. The van der Waals surface area contributed by atoms with Gasteiger partial charge in [-0.2, -0.15) is 13.2 Å². The lowest BCUT2D eigenvalue weighted by Gasteiger charge is -2.07.